The molecule has 1 aromatic carbocycles. The van der Waals surface area contributed by atoms with Crippen molar-refractivity contribution in [1.82, 2.24) is 10.2 Å². The van der Waals surface area contributed by atoms with Crippen molar-refractivity contribution < 1.29 is 0 Å². The largest absolute Gasteiger partial charge is 0.278 e. The zero-order valence-electron chi connectivity index (χ0n) is 8.74. The van der Waals surface area contributed by atoms with Gasteiger partial charge in [-0.15, -0.1) is 0 Å². The Morgan fingerprint density at radius 2 is 2.06 bits per heavy atom. The maximum absolute atomic E-state index is 4.25. The van der Waals surface area contributed by atoms with Gasteiger partial charge in [-0.1, -0.05) is 15.9 Å². The second kappa shape index (κ2) is 4.94. The quantitative estimate of drug-likeness (QED) is 0.670. The summed E-state index contributed by atoms with van der Waals surface area (Å²) >= 11 is 3.38. The van der Waals surface area contributed by atoms with E-state index in [1.54, 1.807) is 6.20 Å². The summed E-state index contributed by atoms with van der Waals surface area (Å²) in [6.07, 6.45) is 1.70. The fourth-order valence-electron chi connectivity index (χ4n) is 1.19. The first-order valence-electron chi connectivity index (χ1n) is 4.81. The number of benzene rings is 1. The summed E-state index contributed by atoms with van der Waals surface area (Å²) < 4.78 is 1.05. The molecule has 0 aliphatic carbocycles. The first-order valence-corrected chi connectivity index (χ1v) is 5.60. The van der Waals surface area contributed by atoms with Gasteiger partial charge in [0.25, 0.3) is 0 Å². The van der Waals surface area contributed by atoms with Gasteiger partial charge in [0.2, 0.25) is 0 Å². The van der Waals surface area contributed by atoms with E-state index in [-0.39, 0.29) is 0 Å². The Kier molecular flexibility index (Phi) is 3.36. The number of nitrogens with one attached hydrogen (secondary N) is 2. The van der Waals surface area contributed by atoms with Crippen molar-refractivity contribution in [2.24, 2.45) is 5.10 Å². The summed E-state index contributed by atoms with van der Waals surface area (Å²) in [5, 5.41) is 11.0. The van der Waals surface area contributed by atoms with Gasteiger partial charge in [-0.05, 0) is 37.3 Å². The van der Waals surface area contributed by atoms with Crippen molar-refractivity contribution >= 4 is 27.3 Å². The SMILES string of the molecule is CC(=NNc1ccc(Br)cc1)c1ccn[nH]1. The molecule has 0 saturated carbocycles. The molecule has 0 aliphatic rings. The number of anilines is 1. The number of hydrazone groups is 1. The topological polar surface area (TPSA) is 53.1 Å². The highest BCUT2D eigenvalue weighted by Crippen LogP contribution is 2.14. The van der Waals surface area contributed by atoms with Crippen LogP contribution in [0.1, 0.15) is 12.6 Å². The highest BCUT2D eigenvalue weighted by Gasteiger charge is 1.97. The molecule has 2 N–H and O–H groups in total. The number of halogens is 1. The Bertz CT molecular complexity index is 473. The molecule has 0 spiro atoms. The fraction of sp³-hybridized carbons (Fsp3) is 0.0909. The lowest BCUT2D eigenvalue weighted by Crippen LogP contribution is -2.00. The number of nitrogens with zero attached hydrogens (tertiary/aromatic N) is 2. The lowest BCUT2D eigenvalue weighted by atomic mass is 10.3. The molecule has 0 radical (unpaired) electrons. The monoisotopic (exact) mass is 278 g/mol. The van der Waals surface area contributed by atoms with Crippen LogP contribution in [0.25, 0.3) is 0 Å². The maximum atomic E-state index is 4.25. The Morgan fingerprint density at radius 3 is 2.69 bits per heavy atom. The predicted octanol–water partition coefficient (Wildman–Crippen LogP) is 3.01. The van der Waals surface area contributed by atoms with Crippen LogP contribution in [0.3, 0.4) is 0 Å². The zero-order chi connectivity index (χ0) is 11.4. The van der Waals surface area contributed by atoms with Crippen molar-refractivity contribution in [3.63, 3.8) is 0 Å². The highest BCUT2D eigenvalue weighted by atomic mass is 79.9. The predicted molar refractivity (Wildman–Crippen MR) is 68.6 cm³/mol. The molecule has 0 saturated heterocycles. The first-order chi connectivity index (χ1) is 7.75. The Labute approximate surface area is 102 Å². The molecule has 16 heavy (non-hydrogen) atoms. The number of aromatic nitrogens is 2. The molecule has 2 rings (SSSR count). The molecular formula is C11H11BrN4. The van der Waals surface area contributed by atoms with Crippen LogP contribution >= 0.6 is 15.9 Å². The molecule has 4 nitrogen and oxygen atoms in total. The van der Waals surface area contributed by atoms with Crippen LogP contribution < -0.4 is 5.43 Å². The number of H-pyrrole nitrogens is 1. The standard InChI is InChI=1S/C11H11BrN4/c1-8(11-6-7-13-16-11)14-15-10-4-2-9(12)3-5-10/h2-7,15H,1H3,(H,13,16). The summed E-state index contributed by atoms with van der Waals surface area (Å²) in [6.45, 7) is 1.92. The van der Waals surface area contributed by atoms with E-state index in [9.17, 15) is 0 Å². The lowest BCUT2D eigenvalue weighted by molar-refractivity contribution is 1.08. The number of hydrogen-bond acceptors (Lipinski definition) is 3. The van der Waals surface area contributed by atoms with E-state index in [1.165, 1.54) is 0 Å². The van der Waals surface area contributed by atoms with Crippen LogP contribution in [0.2, 0.25) is 0 Å². The minimum absolute atomic E-state index is 0.861. The van der Waals surface area contributed by atoms with Crippen LogP contribution in [-0.4, -0.2) is 15.9 Å². The van der Waals surface area contributed by atoms with E-state index >= 15 is 0 Å². The summed E-state index contributed by atoms with van der Waals surface area (Å²) in [5.41, 5.74) is 5.69. The van der Waals surface area contributed by atoms with Gasteiger partial charge in [0.05, 0.1) is 17.1 Å². The van der Waals surface area contributed by atoms with Gasteiger partial charge in [-0.2, -0.15) is 10.2 Å². The lowest BCUT2D eigenvalue weighted by Gasteiger charge is -2.01. The van der Waals surface area contributed by atoms with Gasteiger partial charge >= 0.3 is 0 Å². The van der Waals surface area contributed by atoms with Crippen LogP contribution in [0.5, 0.6) is 0 Å². The molecule has 1 aromatic heterocycles. The van der Waals surface area contributed by atoms with Crippen molar-refractivity contribution in [3.05, 3.63) is 46.7 Å². The van der Waals surface area contributed by atoms with Gasteiger partial charge in [-0.25, -0.2) is 0 Å². The van der Waals surface area contributed by atoms with Crippen molar-refractivity contribution in [3.8, 4) is 0 Å². The van der Waals surface area contributed by atoms with Crippen molar-refractivity contribution in [2.75, 3.05) is 5.43 Å². The zero-order valence-corrected chi connectivity index (χ0v) is 10.3. The Hall–Kier alpha value is -1.62. The van der Waals surface area contributed by atoms with Gasteiger partial charge < -0.3 is 0 Å². The second-order valence-electron chi connectivity index (χ2n) is 3.29. The van der Waals surface area contributed by atoms with E-state index in [2.05, 4.69) is 36.7 Å². The first kappa shape index (κ1) is 10.9. The Morgan fingerprint density at radius 1 is 1.31 bits per heavy atom. The summed E-state index contributed by atoms with van der Waals surface area (Å²) in [7, 11) is 0. The third-order valence-corrected chi connectivity index (χ3v) is 2.62. The van der Waals surface area contributed by atoms with Crippen LogP contribution in [0.15, 0.2) is 46.1 Å². The molecule has 5 heteroatoms. The minimum atomic E-state index is 0.861. The molecule has 0 aliphatic heterocycles. The van der Waals surface area contributed by atoms with Crippen molar-refractivity contribution in [1.29, 1.82) is 0 Å². The highest BCUT2D eigenvalue weighted by molar-refractivity contribution is 9.10. The van der Waals surface area contributed by atoms with Gasteiger partial charge in [0.1, 0.15) is 0 Å². The summed E-state index contributed by atoms with van der Waals surface area (Å²) in [4.78, 5) is 0. The van der Waals surface area contributed by atoms with Crippen LogP contribution in [0, 0.1) is 0 Å². The van der Waals surface area contributed by atoms with Gasteiger partial charge in [0.15, 0.2) is 0 Å². The molecule has 0 unspecified atom stereocenters. The fourth-order valence-corrected chi connectivity index (χ4v) is 1.45. The van der Waals surface area contributed by atoms with E-state index < -0.39 is 0 Å². The molecule has 1 heterocycles. The number of rotatable bonds is 3. The van der Waals surface area contributed by atoms with Gasteiger partial charge in [-0.3, -0.25) is 10.5 Å². The molecular weight excluding hydrogens is 268 g/mol. The number of hydrogen-bond donors (Lipinski definition) is 2. The van der Waals surface area contributed by atoms with E-state index in [0.717, 1.165) is 21.6 Å². The van der Waals surface area contributed by atoms with E-state index in [0.29, 0.717) is 0 Å². The summed E-state index contributed by atoms with van der Waals surface area (Å²) in [6, 6.07) is 9.70. The average molecular weight is 279 g/mol. The van der Waals surface area contributed by atoms with Crippen LogP contribution in [-0.2, 0) is 0 Å². The summed E-state index contributed by atoms with van der Waals surface area (Å²) in [5.74, 6) is 0. The molecule has 0 atom stereocenters. The normalized spacial score (nSPS) is 11.5. The number of aromatic amines is 1. The Balaban J connectivity index is 2.06. The third kappa shape index (κ3) is 2.70. The molecule has 82 valence electrons. The molecule has 0 amide bonds. The van der Waals surface area contributed by atoms with Gasteiger partial charge in [0, 0.05) is 10.7 Å². The van der Waals surface area contributed by atoms with Crippen molar-refractivity contribution in [2.45, 2.75) is 6.92 Å². The molecule has 0 fully saturated rings. The minimum Gasteiger partial charge on any atom is -0.278 e. The third-order valence-electron chi connectivity index (χ3n) is 2.09. The van der Waals surface area contributed by atoms with E-state index in [4.69, 9.17) is 0 Å². The second-order valence-corrected chi connectivity index (χ2v) is 4.20. The maximum Gasteiger partial charge on any atom is 0.0826 e. The average Bonchev–Trinajstić information content (AvgIpc) is 2.81. The van der Waals surface area contributed by atoms with Crippen LogP contribution in [0.4, 0.5) is 5.69 Å². The molecule has 2 aromatic rings. The smallest absolute Gasteiger partial charge is 0.0826 e. The molecule has 0 bridgehead atoms. The van der Waals surface area contributed by atoms with E-state index in [1.807, 2.05) is 37.3 Å².